The highest BCUT2D eigenvalue weighted by Crippen LogP contribution is 2.20. The third-order valence-corrected chi connectivity index (χ3v) is 4.05. The van der Waals surface area contributed by atoms with Gasteiger partial charge in [-0.1, -0.05) is 13.8 Å². The number of hydrogen-bond donors (Lipinski definition) is 2. The maximum atomic E-state index is 11.7. The first-order valence-corrected chi connectivity index (χ1v) is 7.58. The van der Waals surface area contributed by atoms with Gasteiger partial charge in [0.1, 0.15) is 0 Å². The summed E-state index contributed by atoms with van der Waals surface area (Å²) in [5, 5.41) is 2.99. The molecule has 0 aliphatic carbocycles. The fraction of sp³-hybridized carbons (Fsp3) is 0.933. The molecule has 1 atom stereocenters. The molecule has 1 unspecified atom stereocenters. The van der Waals surface area contributed by atoms with Gasteiger partial charge in [-0.2, -0.15) is 0 Å². The zero-order valence-electron chi connectivity index (χ0n) is 12.9. The van der Waals surface area contributed by atoms with Gasteiger partial charge in [0.25, 0.3) is 0 Å². The summed E-state index contributed by atoms with van der Waals surface area (Å²) in [5.41, 5.74) is 5.65. The van der Waals surface area contributed by atoms with Crippen molar-refractivity contribution in [2.24, 2.45) is 17.1 Å². The van der Waals surface area contributed by atoms with Crippen LogP contribution in [0.1, 0.15) is 46.0 Å². The molecule has 0 aromatic heterocycles. The van der Waals surface area contributed by atoms with Gasteiger partial charge in [-0.15, -0.1) is 0 Å². The van der Waals surface area contributed by atoms with Crippen molar-refractivity contribution in [1.29, 1.82) is 0 Å². The van der Waals surface area contributed by atoms with Crippen LogP contribution >= 0.6 is 0 Å². The Morgan fingerprint density at radius 3 is 2.84 bits per heavy atom. The lowest BCUT2D eigenvalue weighted by atomic mass is 9.92. The van der Waals surface area contributed by atoms with E-state index in [4.69, 9.17) is 5.73 Å². The van der Waals surface area contributed by atoms with E-state index in [-0.39, 0.29) is 11.3 Å². The molecule has 112 valence electrons. The molecule has 19 heavy (non-hydrogen) atoms. The van der Waals surface area contributed by atoms with Crippen LogP contribution in [0.2, 0.25) is 0 Å². The van der Waals surface area contributed by atoms with Crippen molar-refractivity contribution >= 4 is 5.91 Å². The predicted octanol–water partition coefficient (Wildman–Crippen LogP) is 1.60. The van der Waals surface area contributed by atoms with Gasteiger partial charge in [0, 0.05) is 19.5 Å². The van der Waals surface area contributed by atoms with Crippen LogP contribution < -0.4 is 11.1 Å². The minimum atomic E-state index is 0.00173. The molecule has 1 fully saturated rings. The molecule has 4 nitrogen and oxygen atoms in total. The van der Waals surface area contributed by atoms with Crippen molar-refractivity contribution in [3.8, 4) is 0 Å². The van der Waals surface area contributed by atoms with Crippen molar-refractivity contribution < 1.29 is 4.79 Å². The highest BCUT2D eigenvalue weighted by Gasteiger charge is 2.18. The van der Waals surface area contributed by atoms with Crippen LogP contribution in [0.4, 0.5) is 0 Å². The van der Waals surface area contributed by atoms with E-state index in [9.17, 15) is 4.79 Å². The lowest BCUT2D eigenvalue weighted by Gasteiger charge is -2.29. The lowest BCUT2D eigenvalue weighted by molar-refractivity contribution is -0.121. The van der Waals surface area contributed by atoms with Gasteiger partial charge in [-0.3, -0.25) is 4.79 Å². The lowest BCUT2D eigenvalue weighted by Crippen LogP contribution is -2.38. The maximum absolute atomic E-state index is 11.7. The molecule has 1 aliphatic rings. The maximum Gasteiger partial charge on any atom is 0.220 e. The summed E-state index contributed by atoms with van der Waals surface area (Å²) in [7, 11) is 2.19. The van der Waals surface area contributed by atoms with Crippen molar-refractivity contribution in [3.63, 3.8) is 0 Å². The van der Waals surface area contributed by atoms with E-state index >= 15 is 0 Å². The Hall–Kier alpha value is -0.610. The van der Waals surface area contributed by atoms with E-state index in [1.54, 1.807) is 0 Å². The van der Waals surface area contributed by atoms with Crippen LogP contribution in [0.25, 0.3) is 0 Å². The molecule has 3 N–H and O–H groups in total. The Labute approximate surface area is 118 Å². The van der Waals surface area contributed by atoms with Crippen molar-refractivity contribution in [1.82, 2.24) is 10.2 Å². The molecule has 0 bridgehead atoms. The smallest absolute Gasteiger partial charge is 0.220 e. The summed E-state index contributed by atoms with van der Waals surface area (Å²) < 4.78 is 0. The molecular weight excluding hydrogens is 238 g/mol. The number of hydrogen-bond acceptors (Lipinski definition) is 3. The molecule has 1 rings (SSSR count). The van der Waals surface area contributed by atoms with E-state index in [1.165, 1.54) is 32.4 Å². The Morgan fingerprint density at radius 2 is 2.21 bits per heavy atom. The fourth-order valence-corrected chi connectivity index (χ4v) is 2.56. The van der Waals surface area contributed by atoms with E-state index in [0.717, 1.165) is 12.3 Å². The van der Waals surface area contributed by atoms with E-state index in [1.807, 2.05) is 0 Å². The van der Waals surface area contributed by atoms with Crippen LogP contribution in [0.5, 0.6) is 0 Å². The Bertz CT molecular complexity index is 279. The van der Waals surface area contributed by atoms with Gasteiger partial charge in [0.15, 0.2) is 0 Å². The quantitative estimate of drug-likeness (QED) is 0.738. The number of carbonyl (C=O) groups excluding carboxylic acids is 1. The van der Waals surface area contributed by atoms with Crippen molar-refractivity contribution in [2.45, 2.75) is 46.0 Å². The normalized spacial score (nSPS) is 21.4. The predicted molar refractivity (Wildman–Crippen MR) is 79.9 cm³/mol. The van der Waals surface area contributed by atoms with Gasteiger partial charge >= 0.3 is 0 Å². The minimum Gasteiger partial charge on any atom is -0.356 e. The van der Waals surface area contributed by atoms with E-state index in [2.05, 4.69) is 31.1 Å². The molecule has 0 aromatic rings. The molecule has 1 saturated heterocycles. The Kier molecular flexibility index (Phi) is 6.80. The molecule has 0 radical (unpaired) electrons. The molecule has 0 aromatic carbocycles. The van der Waals surface area contributed by atoms with Gasteiger partial charge in [0.2, 0.25) is 5.91 Å². The third-order valence-electron chi connectivity index (χ3n) is 4.05. The monoisotopic (exact) mass is 269 g/mol. The van der Waals surface area contributed by atoms with Crippen molar-refractivity contribution in [3.05, 3.63) is 0 Å². The van der Waals surface area contributed by atoms with Crippen LogP contribution in [-0.2, 0) is 4.79 Å². The summed E-state index contributed by atoms with van der Waals surface area (Å²) >= 11 is 0. The Balaban J connectivity index is 2.10. The number of piperidine rings is 1. The van der Waals surface area contributed by atoms with Crippen LogP contribution in [0.15, 0.2) is 0 Å². The number of nitrogens with two attached hydrogens (primary N) is 1. The molecule has 1 heterocycles. The Morgan fingerprint density at radius 1 is 1.47 bits per heavy atom. The largest absolute Gasteiger partial charge is 0.356 e. The van der Waals surface area contributed by atoms with E-state index in [0.29, 0.717) is 19.5 Å². The van der Waals surface area contributed by atoms with Gasteiger partial charge < -0.3 is 16.0 Å². The topological polar surface area (TPSA) is 58.4 Å². The number of rotatable bonds is 7. The minimum absolute atomic E-state index is 0.00173. The fourth-order valence-electron chi connectivity index (χ4n) is 2.56. The summed E-state index contributed by atoms with van der Waals surface area (Å²) in [4.78, 5) is 14.2. The van der Waals surface area contributed by atoms with Crippen LogP contribution in [0.3, 0.4) is 0 Å². The summed E-state index contributed by atoms with van der Waals surface area (Å²) in [6.45, 7) is 7.85. The van der Waals surface area contributed by atoms with Gasteiger partial charge in [0.05, 0.1) is 0 Å². The summed E-state index contributed by atoms with van der Waals surface area (Å²) in [6, 6.07) is 0. The second-order valence-electron chi connectivity index (χ2n) is 6.81. The molecule has 1 amide bonds. The number of nitrogens with zero attached hydrogens (tertiary/aromatic N) is 1. The molecule has 0 spiro atoms. The number of likely N-dealkylation sites (tertiary alicyclic amines) is 1. The average molecular weight is 269 g/mol. The molecule has 0 saturated carbocycles. The van der Waals surface area contributed by atoms with Gasteiger partial charge in [-0.25, -0.2) is 0 Å². The summed E-state index contributed by atoms with van der Waals surface area (Å²) in [5.74, 6) is 0.956. The first-order valence-electron chi connectivity index (χ1n) is 7.58. The zero-order chi connectivity index (χ0) is 14.3. The third kappa shape index (κ3) is 6.92. The standard InChI is InChI=1S/C15H31N3O/c1-15(2,11-16)12-17-14(19)8-4-6-13-7-5-9-18(3)10-13/h13H,4-12,16H2,1-3H3,(H,17,19). The molecular formula is C15H31N3O. The highest BCUT2D eigenvalue weighted by molar-refractivity contribution is 5.75. The van der Waals surface area contributed by atoms with E-state index < -0.39 is 0 Å². The number of nitrogens with one attached hydrogen (secondary N) is 1. The SMILES string of the molecule is CN1CCCC(CCCC(=O)NCC(C)(C)CN)C1. The van der Waals surface area contributed by atoms with Gasteiger partial charge in [-0.05, 0) is 57.2 Å². The highest BCUT2D eigenvalue weighted by atomic mass is 16.1. The number of amides is 1. The van der Waals surface area contributed by atoms with Crippen molar-refractivity contribution in [2.75, 3.05) is 33.2 Å². The summed E-state index contributed by atoms with van der Waals surface area (Å²) in [6.07, 6.45) is 5.47. The second-order valence-corrected chi connectivity index (χ2v) is 6.81. The average Bonchev–Trinajstić information content (AvgIpc) is 2.37. The van der Waals surface area contributed by atoms with Crippen LogP contribution in [0, 0.1) is 11.3 Å². The molecule has 1 aliphatic heterocycles. The molecule has 4 heteroatoms. The number of carbonyl (C=O) groups is 1. The first-order chi connectivity index (χ1) is 8.93. The first kappa shape index (κ1) is 16.4. The zero-order valence-corrected chi connectivity index (χ0v) is 12.9. The van der Waals surface area contributed by atoms with Crippen LogP contribution in [-0.4, -0.2) is 44.0 Å². The second kappa shape index (κ2) is 7.85.